The van der Waals surface area contributed by atoms with E-state index < -0.39 is 11.2 Å². The normalized spacial score (nSPS) is 15.9. The Morgan fingerprint density at radius 1 is 0.878 bits per heavy atom. The summed E-state index contributed by atoms with van der Waals surface area (Å²) in [6, 6.07) is 7.81. The lowest BCUT2D eigenvalue weighted by Gasteiger charge is -2.35. The summed E-state index contributed by atoms with van der Waals surface area (Å²) in [6.07, 6.45) is 8.48. The zero-order chi connectivity index (χ0) is 28.8. The number of benzene rings is 1. The highest BCUT2D eigenvalue weighted by Crippen LogP contribution is 2.31. The van der Waals surface area contributed by atoms with Crippen LogP contribution in [0.4, 0.5) is 16.2 Å². The Balaban J connectivity index is 1.15. The van der Waals surface area contributed by atoms with Gasteiger partial charge in [0.2, 0.25) is 5.95 Å². The fourth-order valence-corrected chi connectivity index (χ4v) is 5.12. The maximum atomic E-state index is 13.3. The van der Waals surface area contributed by atoms with E-state index in [1.54, 1.807) is 62.5 Å². The molecule has 12 heteroatoms. The van der Waals surface area contributed by atoms with Gasteiger partial charge in [-0.2, -0.15) is 5.10 Å². The first-order valence-electron chi connectivity index (χ1n) is 13.5. The van der Waals surface area contributed by atoms with Crippen LogP contribution in [-0.2, 0) is 12.1 Å². The zero-order valence-corrected chi connectivity index (χ0v) is 23.2. The lowest BCUT2D eigenvalue weighted by molar-refractivity contribution is 0.0577. The summed E-state index contributed by atoms with van der Waals surface area (Å²) in [4.78, 5) is 25.8. The number of hydrogen-bond donors (Lipinski definition) is 3. The quantitative estimate of drug-likeness (QED) is 0.276. The van der Waals surface area contributed by atoms with Gasteiger partial charge in [-0.3, -0.25) is 4.68 Å². The van der Waals surface area contributed by atoms with Gasteiger partial charge in [0.1, 0.15) is 29.2 Å². The molecule has 3 N–H and O–H groups in total. The average molecular weight is 558 g/mol. The number of fused-ring (bicyclic) bond motifs is 1. The molecule has 0 saturated carbocycles. The van der Waals surface area contributed by atoms with Crippen LogP contribution in [0.25, 0.3) is 22.3 Å². The SMILES string of the molecule is CC(C)(O)Cn1cc(-c2cc3c(N4CCN(c5ncc([C@@](C)(O)c6ccc(F)cc6)cn5)CC4)ncnc3[nH]2)cn1. The molecule has 6 rings (SSSR count). The number of aromatic amines is 1. The Morgan fingerprint density at radius 3 is 2.24 bits per heavy atom. The highest BCUT2D eigenvalue weighted by Gasteiger charge is 2.28. The molecule has 212 valence electrons. The average Bonchev–Trinajstić information content (AvgIpc) is 3.59. The number of hydrogen-bond acceptors (Lipinski definition) is 9. The van der Waals surface area contributed by atoms with Gasteiger partial charge < -0.3 is 25.0 Å². The van der Waals surface area contributed by atoms with E-state index >= 15 is 0 Å². The topological polar surface area (TPSA) is 132 Å². The number of piperazine rings is 1. The molecule has 1 saturated heterocycles. The predicted octanol–water partition coefficient (Wildman–Crippen LogP) is 3.10. The molecule has 1 aromatic carbocycles. The summed E-state index contributed by atoms with van der Waals surface area (Å²) in [6.45, 7) is 8.36. The number of halogens is 1. The summed E-state index contributed by atoms with van der Waals surface area (Å²) < 4.78 is 15.1. The molecule has 5 aromatic rings. The second-order valence-corrected chi connectivity index (χ2v) is 11.2. The standard InChI is InChI=1S/C29H32FN9O2/c1-28(2,40)17-39-16-19(13-35-39)24-12-23-25(36-24)33-18-34-26(23)37-8-10-38(11-9-37)27-31-14-21(15-32-27)29(3,41)20-4-6-22(30)7-5-20/h4-7,12-16,18,40-41H,8-11,17H2,1-3H3,(H,33,34,36)/t29-/m0/s1. The van der Waals surface area contributed by atoms with Crippen molar-refractivity contribution in [2.75, 3.05) is 36.0 Å². The molecule has 1 atom stereocenters. The highest BCUT2D eigenvalue weighted by atomic mass is 19.1. The van der Waals surface area contributed by atoms with Gasteiger partial charge in [0.15, 0.2) is 0 Å². The van der Waals surface area contributed by atoms with Gasteiger partial charge in [-0.15, -0.1) is 0 Å². The minimum absolute atomic E-state index is 0.356. The molecule has 0 spiro atoms. The molecule has 0 aliphatic carbocycles. The van der Waals surface area contributed by atoms with E-state index in [1.165, 1.54) is 12.1 Å². The summed E-state index contributed by atoms with van der Waals surface area (Å²) in [7, 11) is 0. The number of anilines is 2. The van der Waals surface area contributed by atoms with Crippen molar-refractivity contribution in [3.8, 4) is 11.3 Å². The monoisotopic (exact) mass is 557 g/mol. The first-order valence-corrected chi connectivity index (χ1v) is 13.5. The van der Waals surface area contributed by atoms with Gasteiger partial charge in [0.05, 0.1) is 29.4 Å². The molecule has 4 aromatic heterocycles. The number of rotatable bonds is 7. The Kier molecular flexibility index (Phi) is 6.66. The number of nitrogens with zero attached hydrogens (tertiary/aromatic N) is 8. The lowest BCUT2D eigenvalue weighted by Crippen LogP contribution is -2.47. The van der Waals surface area contributed by atoms with Crippen LogP contribution in [0.5, 0.6) is 0 Å². The van der Waals surface area contributed by atoms with Crippen LogP contribution in [-0.4, -0.2) is 76.7 Å². The maximum absolute atomic E-state index is 13.3. The van der Waals surface area contributed by atoms with E-state index in [9.17, 15) is 14.6 Å². The van der Waals surface area contributed by atoms with E-state index in [-0.39, 0.29) is 5.82 Å². The first-order chi connectivity index (χ1) is 19.6. The number of aliphatic hydroxyl groups is 2. The highest BCUT2D eigenvalue weighted by molar-refractivity contribution is 5.91. The first kappa shape index (κ1) is 26.8. The van der Waals surface area contributed by atoms with E-state index in [4.69, 9.17) is 0 Å². The molecule has 1 aliphatic heterocycles. The zero-order valence-electron chi connectivity index (χ0n) is 23.2. The van der Waals surface area contributed by atoms with Crippen molar-refractivity contribution < 1.29 is 14.6 Å². The third-order valence-corrected chi connectivity index (χ3v) is 7.37. The third kappa shape index (κ3) is 5.48. The van der Waals surface area contributed by atoms with Crippen molar-refractivity contribution >= 4 is 22.8 Å². The Hall–Kier alpha value is -4.42. The van der Waals surface area contributed by atoms with Crippen LogP contribution < -0.4 is 9.80 Å². The van der Waals surface area contributed by atoms with Crippen LogP contribution in [0.1, 0.15) is 31.9 Å². The van der Waals surface area contributed by atoms with Gasteiger partial charge >= 0.3 is 0 Å². The third-order valence-electron chi connectivity index (χ3n) is 7.37. The second-order valence-electron chi connectivity index (χ2n) is 11.2. The van der Waals surface area contributed by atoms with E-state index in [0.29, 0.717) is 49.8 Å². The van der Waals surface area contributed by atoms with E-state index in [2.05, 4.69) is 39.8 Å². The minimum atomic E-state index is -1.34. The summed E-state index contributed by atoms with van der Waals surface area (Å²) >= 11 is 0. The molecule has 11 nitrogen and oxygen atoms in total. The van der Waals surface area contributed by atoms with Crippen LogP contribution in [0.2, 0.25) is 0 Å². The Labute approximate surface area is 236 Å². The van der Waals surface area contributed by atoms with Gasteiger partial charge in [0.25, 0.3) is 0 Å². The van der Waals surface area contributed by atoms with Crippen LogP contribution >= 0.6 is 0 Å². The van der Waals surface area contributed by atoms with E-state index in [0.717, 1.165) is 28.1 Å². The molecule has 0 radical (unpaired) electrons. The second kappa shape index (κ2) is 10.2. The number of H-pyrrole nitrogens is 1. The van der Waals surface area contributed by atoms with Crippen molar-refractivity contribution in [2.24, 2.45) is 0 Å². The van der Waals surface area contributed by atoms with Crippen LogP contribution in [0.3, 0.4) is 0 Å². The van der Waals surface area contributed by atoms with Crippen molar-refractivity contribution in [3.05, 3.63) is 78.4 Å². The van der Waals surface area contributed by atoms with Gasteiger partial charge in [-0.25, -0.2) is 24.3 Å². The molecular formula is C29H32FN9O2. The molecule has 5 heterocycles. The largest absolute Gasteiger partial charge is 0.389 e. The molecule has 41 heavy (non-hydrogen) atoms. The molecule has 1 fully saturated rings. The lowest BCUT2D eigenvalue weighted by atomic mass is 9.90. The summed E-state index contributed by atoms with van der Waals surface area (Å²) in [5.41, 5.74) is 1.43. The molecule has 0 bridgehead atoms. The molecule has 1 aliphatic rings. The fraction of sp³-hybridized carbons (Fsp3) is 0.345. The smallest absolute Gasteiger partial charge is 0.225 e. The minimum Gasteiger partial charge on any atom is -0.389 e. The Morgan fingerprint density at radius 2 is 1.56 bits per heavy atom. The maximum Gasteiger partial charge on any atom is 0.225 e. The van der Waals surface area contributed by atoms with E-state index in [1.807, 2.05) is 12.3 Å². The number of aromatic nitrogens is 7. The molecule has 0 amide bonds. The van der Waals surface area contributed by atoms with Gasteiger partial charge in [-0.1, -0.05) is 12.1 Å². The molecule has 0 unspecified atom stereocenters. The van der Waals surface area contributed by atoms with Gasteiger partial charge in [0, 0.05) is 55.9 Å². The summed E-state index contributed by atoms with van der Waals surface area (Å²) in [5, 5.41) is 26.5. The van der Waals surface area contributed by atoms with Crippen LogP contribution in [0, 0.1) is 5.82 Å². The Bertz CT molecular complexity index is 1650. The van der Waals surface area contributed by atoms with Crippen molar-refractivity contribution in [1.29, 1.82) is 0 Å². The van der Waals surface area contributed by atoms with Crippen molar-refractivity contribution in [2.45, 2.75) is 38.5 Å². The predicted molar refractivity (Wildman–Crippen MR) is 153 cm³/mol. The van der Waals surface area contributed by atoms with Crippen molar-refractivity contribution in [3.63, 3.8) is 0 Å². The number of nitrogens with one attached hydrogen (secondary N) is 1. The van der Waals surface area contributed by atoms with Crippen molar-refractivity contribution in [1.82, 2.24) is 34.7 Å². The molecular weight excluding hydrogens is 525 g/mol. The van der Waals surface area contributed by atoms with Crippen LogP contribution in [0.15, 0.2) is 61.4 Å². The fourth-order valence-electron chi connectivity index (χ4n) is 5.12. The van der Waals surface area contributed by atoms with Gasteiger partial charge in [-0.05, 0) is 44.5 Å². The summed E-state index contributed by atoms with van der Waals surface area (Å²) in [5.74, 6) is 1.08.